The summed E-state index contributed by atoms with van der Waals surface area (Å²) in [7, 11) is 0. The van der Waals surface area contributed by atoms with Crippen LogP contribution in [0.5, 0.6) is 0 Å². The Morgan fingerprint density at radius 1 is 1.07 bits per heavy atom. The molecule has 2 heteroatoms. The summed E-state index contributed by atoms with van der Waals surface area (Å²) in [6.07, 6.45) is 10.6. The first kappa shape index (κ1) is 13.0. The van der Waals surface area contributed by atoms with Gasteiger partial charge in [0.15, 0.2) is 0 Å². The first-order chi connectivity index (χ1) is 7.27. The SMILES string of the molecule is CCCCCCCC1(O)CCCNCC1. The summed E-state index contributed by atoms with van der Waals surface area (Å²) in [6.45, 7) is 4.31. The van der Waals surface area contributed by atoms with Crippen LogP contribution < -0.4 is 5.32 Å². The van der Waals surface area contributed by atoms with Gasteiger partial charge in [0.25, 0.3) is 0 Å². The molecule has 0 aliphatic carbocycles. The van der Waals surface area contributed by atoms with E-state index in [1.165, 1.54) is 32.1 Å². The van der Waals surface area contributed by atoms with Crippen LogP contribution in [0.25, 0.3) is 0 Å². The number of hydrogen-bond donors (Lipinski definition) is 2. The van der Waals surface area contributed by atoms with Crippen LogP contribution in [0.15, 0.2) is 0 Å². The van der Waals surface area contributed by atoms with Crippen molar-refractivity contribution >= 4 is 0 Å². The fourth-order valence-corrected chi connectivity index (χ4v) is 2.42. The van der Waals surface area contributed by atoms with Crippen LogP contribution in [0, 0.1) is 0 Å². The summed E-state index contributed by atoms with van der Waals surface area (Å²) in [5, 5.41) is 13.7. The molecule has 2 nitrogen and oxygen atoms in total. The molecular weight excluding hydrogens is 186 g/mol. The average molecular weight is 213 g/mol. The lowest BCUT2D eigenvalue weighted by atomic mass is 9.89. The Morgan fingerprint density at radius 3 is 2.67 bits per heavy atom. The molecule has 0 aromatic rings. The van der Waals surface area contributed by atoms with E-state index in [1.807, 2.05) is 0 Å². The van der Waals surface area contributed by atoms with Gasteiger partial charge in [-0.2, -0.15) is 0 Å². The maximum absolute atomic E-state index is 10.4. The molecule has 0 saturated carbocycles. The highest BCUT2D eigenvalue weighted by Gasteiger charge is 2.26. The monoisotopic (exact) mass is 213 g/mol. The van der Waals surface area contributed by atoms with Gasteiger partial charge in [-0.15, -0.1) is 0 Å². The fourth-order valence-electron chi connectivity index (χ4n) is 2.42. The lowest BCUT2D eigenvalue weighted by Crippen LogP contribution is -2.29. The van der Waals surface area contributed by atoms with Crippen molar-refractivity contribution in [3.8, 4) is 0 Å². The third-order valence-corrected chi connectivity index (χ3v) is 3.51. The van der Waals surface area contributed by atoms with Crippen molar-refractivity contribution < 1.29 is 5.11 Å². The van der Waals surface area contributed by atoms with Gasteiger partial charge in [0.05, 0.1) is 5.60 Å². The van der Waals surface area contributed by atoms with E-state index in [9.17, 15) is 5.11 Å². The van der Waals surface area contributed by atoms with Gasteiger partial charge in [0.2, 0.25) is 0 Å². The highest BCUT2D eigenvalue weighted by molar-refractivity contribution is 4.82. The molecule has 1 saturated heterocycles. The van der Waals surface area contributed by atoms with Crippen molar-refractivity contribution in [1.29, 1.82) is 0 Å². The van der Waals surface area contributed by atoms with Gasteiger partial charge in [-0.25, -0.2) is 0 Å². The van der Waals surface area contributed by atoms with Crippen molar-refractivity contribution in [2.24, 2.45) is 0 Å². The van der Waals surface area contributed by atoms with Crippen molar-refractivity contribution in [2.75, 3.05) is 13.1 Å². The Hall–Kier alpha value is -0.0800. The zero-order chi connectivity index (χ0) is 11.0. The van der Waals surface area contributed by atoms with Crippen molar-refractivity contribution in [1.82, 2.24) is 5.32 Å². The molecule has 0 amide bonds. The molecule has 1 aliphatic heterocycles. The van der Waals surface area contributed by atoms with E-state index in [2.05, 4.69) is 12.2 Å². The maximum atomic E-state index is 10.4. The second-order valence-electron chi connectivity index (χ2n) is 4.99. The van der Waals surface area contributed by atoms with Crippen LogP contribution >= 0.6 is 0 Å². The summed E-state index contributed by atoms with van der Waals surface area (Å²) in [5.74, 6) is 0. The van der Waals surface area contributed by atoms with E-state index in [0.29, 0.717) is 0 Å². The van der Waals surface area contributed by atoms with Gasteiger partial charge in [0.1, 0.15) is 0 Å². The molecule has 1 fully saturated rings. The quantitative estimate of drug-likeness (QED) is 0.665. The summed E-state index contributed by atoms with van der Waals surface area (Å²) >= 11 is 0. The molecule has 1 heterocycles. The zero-order valence-corrected chi connectivity index (χ0v) is 10.2. The largest absolute Gasteiger partial charge is 0.390 e. The Bertz CT molecular complexity index is 151. The highest BCUT2D eigenvalue weighted by atomic mass is 16.3. The van der Waals surface area contributed by atoms with Crippen LogP contribution in [0.3, 0.4) is 0 Å². The zero-order valence-electron chi connectivity index (χ0n) is 10.2. The summed E-state index contributed by atoms with van der Waals surface area (Å²) in [6, 6.07) is 0. The van der Waals surface area contributed by atoms with Crippen LogP contribution in [0.1, 0.15) is 64.7 Å². The van der Waals surface area contributed by atoms with Gasteiger partial charge >= 0.3 is 0 Å². The number of nitrogens with one attached hydrogen (secondary N) is 1. The Labute approximate surface area is 94.5 Å². The van der Waals surface area contributed by atoms with E-state index < -0.39 is 0 Å². The molecular formula is C13H27NO. The second-order valence-corrected chi connectivity index (χ2v) is 4.99. The van der Waals surface area contributed by atoms with Gasteiger partial charge < -0.3 is 10.4 Å². The van der Waals surface area contributed by atoms with Crippen LogP contribution in [0.2, 0.25) is 0 Å². The Balaban J connectivity index is 2.11. The maximum Gasteiger partial charge on any atom is 0.0660 e. The molecule has 15 heavy (non-hydrogen) atoms. The summed E-state index contributed by atoms with van der Waals surface area (Å²) < 4.78 is 0. The van der Waals surface area contributed by atoms with Crippen molar-refractivity contribution in [2.45, 2.75) is 70.3 Å². The smallest absolute Gasteiger partial charge is 0.0660 e. The third kappa shape index (κ3) is 5.53. The molecule has 0 bridgehead atoms. The van der Waals surface area contributed by atoms with E-state index >= 15 is 0 Å². The molecule has 1 unspecified atom stereocenters. The van der Waals surface area contributed by atoms with Gasteiger partial charge in [-0.3, -0.25) is 0 Å². The lowest BCUT2D eigenvalue weighted by molar-refractivity contribution is 0.0171. The van der Waals surface area contributed by atoms with Gasteiger partial charge in [-0.1, -0.05) is 39.0 Å². The fraction of sp³-hybridized carbons (Fsp3) is 1.00. The molecule has 90 valence electrons. The third-order valence-electron chi connectivity index (χ3n) is 3.51. The average Bonchev–Trinajstić information content (AvgIpc) is 2.43. The highest BCUT2D eigenvalue weighted by Crippen LogP contribution is 2.25. The summed E-state index contributed by atoms with van der Waals surface area (Å²) in [5.41, 5.74) is -0.351. The molecule has 0 aromatic heterocycles. The molecule has 2 N–H and O–H groups in total. The topological polar surface area (TPSA) is 32.3 Å². The number of rotatable bonds is 6. The standard InChI is InChI=1S/C13H27NO/c1-2-3-4-5-6-8-13(15)9-7-11-14-12-10-13/h14-15H,2-12H2,1H3. The minimum Gasteiger partial charge on any atom is -0.390 e. The second kappa shape index (κ2) is 7.24. The molecule has 1 aliphatic rings. The van der Waals surface area contributed by atoms with Gasteiger partial charge in [-0.05, 0) is 38.8 Å². The number of unbranched alkanes of at least 4 members (excludes halogenated alkanes) is 4. The van der Waals surface area contributed by atoms with E-state index in [-0.39, 0.29) is 5.60 Å². The van der Waals surface area contributed by atoms with E-state index in [4.69, 9.17) is 0 Å². The molecule has 0 spiro atoms. The number of hydrogen-bond acceptors (Lipinski definition) is 2. The first-order valence-electron chi connectivity index (χ1n) is 6.70. The predicted octanol–water partition coefficient (Wildman–Crippen LogP) is 2.85. The van der Waals surface area contributed by atoms with E-state index in [0.717, 1.165) is 38.8 Å². The van der Waals surface area contributed by atoms with Crippen molar-refractivity contribution in [3.05, 3.63) is 0 Å². The van der Waals surface area contributed by atoms with Crippen molar-refractivity contribution in [3.63, 3.8) is 0 Å². The molecule has 1 rings (SSSR count). The molecule has 0 aromatic carbocycles. The first-order valence-corrected chi connectivity index (χ1v) is 6.70. The minimum atomic E-state index is -0.351. The van der Waals surface area contributed by atoms with Gasteiger partial charge in [0, 0.05) is 0 Å². The van der Waals surface area contributed by atoms with Crippen LogP contribution in [-0.2, 0) is 0 Å². The molecule has 0 radical (unpaired) electrons. The normalized spacial score (nSPS) is 27.6. The predicted molar refractivity (Wildman–Crippen MR) is 65.0 cm³/mol. The van der Waals surface area contributed by atoms with E-state index in [1.54, 1.807) is 0 Å². The van der Waals surface area contributed by atoms with Crippen LogP contribution in [0.4, 0.5) is 0 Å². The Kier molecular flexibility index (Phi) is 6.26. The Morgan fingerprint density at radius 2 is 1.87 bits per heavy atom. The number of aliphatic hydroxyl groups is 1. The lowest BCUT2D eigenvalue weighted by Gasteiger charge is -2.26. The minimum absolute atomic E-state index is 0.351. The summed E-state index contributed by atoms with van der Waals surface area (Å²) in [4.78, 5) is 0. The molecule has 1 atom stereocenters. The van der Waals surface area contributed by atoms with Crippen LogP contribution in [-0.4, -0.2) is 23.8 Å².